The van der Waals surface area contributed by atoms with Crippen molar-refractivity contribution >= 4 is 11.2 Å². The standard InChI is InChI=1S/C10H12N4O6/c15-1-3-5(16)6(17)9(20-3)14-2-11-4-7(14)12-10(19)13-8(4)18/h2-3,5-6,9,15-17H,1H2,(H2,12,13,18,19)/t3?,5?,6-,9?/m0/s1. The minimum absolute atomic E-state index is 0.0256. The highest BCUT2D eigenvalue weighted by Crippen LogP contribution is 2.30. The van der Waals surface area contributed by atoms with E-state index in [-0.39, 0.29) is 11.2 Å². The second kappa shape index (κ2) is 4.52. The van der Waals surface area contributed by atoms with E-state index in [2.05, 4.69) is 9.97 Å². The molecule has 1 aliphatic heterocycles. The van der Waals surface area contributed by atoms with Crippen LogP contribution in [0.3, 0.4) is 0 Å². The van der Waals surface area contributed by atoms with Gasteiger partial charge in [-0.2, -0.15) is 0 Å². The first kappa shape index (κ1) is 13.0. The Kier molecular flexibility index (Phi) is 2.94. The first-order valence-electron chi connectivity index (χ1n) is 5.84. The van der Waals surface area contributed by atoms with Gasteiger partial charge in [0.2, 0.25) is 0 Å². The Labute approximate surface area is 110 Å². The summed E-state index contributed by atoms with van der Waals surface area (Å²) in [5.41, 5.74) is -1.36. The molecule has 1 fully saturated rings. The van der Waals surface area contributed by atoms with Gasteiger partial charge in [-0.3, -0.25) is 19.3 Å². The van der Waals surface area contributed by atoms with E-state index in [1.165, 1.54) is 10.9 Å². The van der Waals surface area contributed by atoms with Crippen molar-refractivity contribution in [2.75, 3.05) is 6.61 Å². The van der Waals surface area contributed by atoms with Crippen LogP contribution in [0.4, 0.5) is 0 Å². The van der Waals surface area contributed by atoms with Gasteiger partial charge in [-0.1, -0.05) is 0 Å². The Bertz CT molecular complexity index is 748. The van der Waals surface area contributed by atoms with Gasteiger partial charge in [0.1, 0.15) is 24.0 Å². The third-order valence-electron chi connectivity index (χ3n) is 3.26. The van der Waals surface area contributed by atoms with Crippen LogP contribution >= 0.6 is 0 Å². The van der Waals surface area contributed by atoms with Gasteiger partial charge in [0.25, 0.3) is 5.56 Å². The Hall–Kier alpha value is -2.01. The number of aromatic amines is 2. The van der Waals surface area contributed by atoms with Crippen molar-refractivity contribution in [2.45, 2.75) is 24.5 Å². The first-order valence-corrected chi connectivity index (χ1v) is 5.84. The van der Waals surface area contributed by atoms with Gasteiger partial charge in [-0.25, -0.2) is 9.78 Å². The number of nitrogens with one attached hydrogen (secondary N) is 2. The number of ether oxygens (including phenoxy) is 1. The van der Waals surface area contributed by atoms with E-state index in [9.17, 15) is 19.8 Å². The highest BCUT2D eigenvalue weighted by molar-refractivity contribution is 5.68. The minimum Gasteiger partial charge on any atom is -0.394 e. The number of rotatable bonds is 2. The summed E-state index contributed by atoms with van der Waals surface area (Å²) in [7, 11) is 0. The number of hydrogen-bond acceptors (Lipinski definition) is 7. The lowest BCUT2D eigenvalue weighted by atomic mass is 10.1. The predicted octanol–water partition coefficient (Wildman–Crippen LogP) is -2.98. The second-order valence-corrected chi connectivity index (χ2v) is 4.49. The molecule has 3 rings (SSSR count). The highest BCUT2D eigenvalue weighted by atomic mass is 16.6. The molecule has 108 valence electrons. The summed E-state index contributed by atoms with van der Waals surface area (Å²) in [5.74, 6) is 0. The van der Waals surface area contributed by atoms with Gasteiger partial charge in [0.15, 0.2) is 11.7 Å². The summed E-state index contributed by atoms with van der Waals surface area (Å²) in [6.45, 7) is -0.474. The minimum atomic E-state index is -1.33. The van der Waals surface area contributed by atoms with Gasteiger partial charge in [-0.05, 0) is 0 Å². The number of nitrogens with zero attached hydrogens (tertiary/aromatic N) is 2. The number of aromatic nitrogens is 4. The summed E-state index contributed by atoms with van der Waals surface area (Å²) >= 11 is 0. The molecule has 3 heterocycles. The van der Waals surface area contributed by atoms with E-state index in [0.29, 0.717) is 0 Å². The van der Waals surface area contributed by atoms with Gasteiger partial charge in [0, 0.05) is 0 Å². The third-order valence-corrected chi connectivity index (χ3v) is 3.26. The maximum atomic E-state index is 11.6. The van der Waals surface area contributed by atoms with Gasteiger partial charge in [0.05, 0.1) is 12.9 Å². The fourth-order valence-corrected chi connectivity index (χ4v) is 2.25. The molecular formula is C10H12N4O6. The average molecular weight is 284 g/mol. The van der Waals surface area contributed by atoms with Crippen LogP contribution < -0.4 is 11.2 Å². The lowest BCUT2D eigenvalue weighted by Gasteiger charge is -2.16. The number of aliphatic hydroxyl groups is 3. The van der Waals surface area contributed by atoms with Crippen LogP contribution in [0.5, 0.6) is 0 Å². The molecule has 0 radical (unpaired) electrons. The topological polar surface area (TPSA) is 153 Å². The maximum absolute atomic E-state index is 11.6. The zero-order valence-electron chi connectivity index (χ0n) is 10.1. The fraction of sp³-hybridized carbons (Fsp3) is 0.500. The largest absolute Gasteiger partial charge is 0.394 e. The molecule has 20 heavy (non-hydrogen) atoms. The van der Waals surface area contributed by atoms with Crippen molar-refractivity contribution < 1.29 is 20.1 Å². The Morgan fingerprint density at radius 1 is 1.30 bits per heavy atom. The molecule has 0 saturated carbocycles. The molecule has 1 aliphatic rings. The highest BCUT2D eigenvalue weighted by Gasteiger charge is 2.43. The van der Waals surface area contributed by atoms with E-state index >= 15 is 0 Å². The average Bonchev–Trinajstić information content (AvgIpc) is 2.93. The number of aliphatic hydroxyl groups excluding tert-OH is 3. The Morgan fingerprint density at radius 2 is 2.05 bits per heavy atom. The lowest BCUT2D eigenvalue weighted by Crippen LogP contribution is -2.33. The van der Waals surface area contributed by atoms with Crippen LogP contribution in [0.2, 0.25) is 0 Å². The van der Waals surface area contributed by atoms with Crippen molar-refractivity contribution in [3.63, 3.8) is 0 Å². The summed E-state index contributed by atoms with van der Waals surface area (Å²) in [6.07, 6.45) is -3.43. The molecule has 0 aromatic carbocycles. The number of H-pyrrole nitrogens is 2. The molecule has 0 bridgehead atoms. The van der Waals surface area contributed by atoms with Gasteiger partial charge >= 0.3 is 5.69 Å². The van der Waals surface area contributed by atoms with Crippen LogP contribution in [0.1, 0.15) is 6.23 Å². The molecule has 4 atom stereocenters. The van der Waals surface area contributed by atoms with E-state index < -0.39 is 42.4 Å². The molecular weight excluding hydrogens is 272 g/mol. The van der Waals surface area contributed by atoms with Crippen molar-refractivity contribution in [3.8, 4) is 0 Å². The maximum Gasteiger partial charge on any atom is 0.327 e. The quantitative estimate of drug-likeness (QED) is 0.394. The predicted molar refractivity (Wildman–Crippen MR) is 64.0 cm³/mol. The molecule has 2 aromatic heterocycles. The Morgan fingerprint density at radius 3 is 2.70 bits per heavy atom. The van der Waals surface area contributed by atoms with Crippen LogP contribution in [-0.4, -0.2) is 59.8 Å². The monoisotopic (exact) mass is 284 g/mol. The summed E-state index contributed by atoms with van der Waals surface area (Å²) in [5, 5.41) is 28.7. The number of imidazole rings is 1. The van der Waals surface area contributed by atoms with Crippen molar-refractivity contribution in [1.29, 1.82) is 0 Å². The Balaban J connectivity index is 2.12. The first-order chi connectivity index (χ1) is 9.52. The molecule has 3 unspecified atom stereocenters. The van der Waals surface area contributed by atoms with Crippen LogP contribution in [-0.2, 0) is 4.74 Å². The SMILES string of the molecule is O=c1[nH]c(=O)c2ncn(C3OC(CO)C(O)[C@@H]3O)c2[nH]1. The lowest BCUT2D eigenvalue weighted by molar-refractivity contribution is -0.0511. The molecule has 5 N–H and O–H groups in total. The molecule has 10 nitrogen and oxygen atoms in total. The third kappa shape index (κ3) is 1.78. The molecule has 0 aliphatic carbocycles. The van der Waals surface area contributed by atoms with E-state index in [1.54, 1.807) is 0 Å². The smallest absolute Gasteiger partial charge is 0.327 e. The van der Waals surface area contributed by atoms with Crippen LogP contribution in [0.25, 0.3) is 11.2 Å². The molecule has 1 saturated heterocycles. The fourth-order valence-electron chi connectivity index (χ4n) is 2.25. The summed E-state index contributed by atoms with van der Waals surface area (Å²) in [4.78, 5) is 31.1. The summed E-state index contributed by atoms with van der Waals surface area (Å²) in [6, 6.07) is 0. The second-order valence-electron chi connectivity index (χ2n) is 4.49. The van der Waals surface area contributed by atoms with E-state index in [0.717, 1.165) is 0 Å². The summed E-state index contributed by atoms with van der Waals surface area (Å²) < 4.78 is 6.54. The zero-order valence-corrected chi connectivity index (χ0v) is 10.1. The molecule has 0 amide bonds. The number of fused-ring (bicyclic) bond motifs is 1. The molecule has 2 aromatic rings. The van der Waals surface area contributed by atoms with E-state index in [1.807, 2.05) is 4.98 Å². The van der Waals surface area contributed by atoms with Gasteiger partial charge in [-0.15, -0.1) is 0 Å². The van der Waals surface area contributed by atoms with Crippen molar-refractivity contribution in [3.05, 3.63) is 27.2 Å². The van der Waals surface area contributed by atoms with Crippen molar-refractivity contribution in [1.82, 2.24) is 19.5 Å². The number of hydrogen-bond donors (Lipinski definition) is 5. The van der Waals surface area contributed by atoms with Crippen LogP contribution in [0, 0.1) is 0 Å². The van der Waals surface area contributed by atoms with E-state index in [4.69, 9.17) is 9.84 Å². The molecule has 10 heteroatoms. The normalized spacial score (nSPS) is 30.1. The van der Waals surface area contributed by atoms with Crippen molar-refractivity contribution in [2.24, 2.45) is 0 Å². The molecule has 0 spiro atoms. The zero-order chi connectivity index (χ0) is 14.4. The van der Waals surface area contributed by atoms with Crippen LogP contribution in [0.15, 0.2) is 15.9 Å². The van der Waals surface area contributed by atoms with Gasteiger partial charge < -0.3 is 20.1 Å².